The van der Waals surface area contributed by atoms with E-state index in [0.29, 0.717) is 23.3 Å². The lowest BCUT2D eigenvalue weighted by molar-refractivity contribution is -0.00588. The first-order chi connectivity index (χ1) is 6.90. The van der Waals surface area contributed by atoms with Gasteiger partial charge in [0.05, 0.1) is 6.61 Å². The van der Waals surface area contributed by atoms with Gasteiger partial charge in [0.1, 0.15) is 0 Å². The molecular weight excluding hydrogens is 206 g/mol. The Bertz CT molecular complexity index is 192. The Hall–Kier alpha value is 0.270. The molecule has 1 aliphatic heterocycles. The standard InChI is InChI=1S/C12H25NOS/c1-9(11(8-14)15-5)13-6-10(7-13)12(2,3)4/h9-11,14H,6-8H2,1-5H3. The summed E-state index contributed by atoms with van der Waals surface area (Å²) >= 11 is 1.77. The van der Waals surface area contributed by atoms with Gasteiger partial charge in [-0.2, -0.15) is 11.8 Å². The summed E-state index contributed by atoms with van der Waals surface area (Å²) in [7, 11) is 0. The summed E-state index contributed by atoms with van der Waals surface area (Å²) in [6, 6.07) is 0.503. The largest absolute Gasteiger partial charge is 0.395 e. The molecule has 1 heterocycles. The fourth-order valence-electron chi connectivity index (χ4n) is 2.05. The molecule has 2 nitrogen and oxygen atoms in total. The highest BCUT2D eigenvalue weighted by Crippen LogP contribution is 2.35. The van der Waals surface area contributed by atoms with Crippen molar-refractivity contribution in [3.63, 3.8) is 0 Å². The van der Waals surface area contributed by atoms with Crippen molar-refractivity contribution < 1.29 is 5.11 Å². The first kappa shape index (κ1) is 13.3. The molecule has 0 radical (unpaired) electrons. The molecule has 1 saturated heterocycles. The average molecular weight is 231 g/mol. The van der Waals surface area contributed by atoms with Crippen LogP contribution >= 0.6 is 11.8 Å². The molecule has 1 fully saturated rings. The topological polar surface area (TPSA) is 23.5 Å². The molecule has 0 aromatic heterocycles. The van der Waals surface area contributed by atoms with E-state index in [4.69, 9.17) is 0 Å². The third-order valence-corrected chi connectivity index (χ3v) is 4.88. The molecule has 1 N–H and O–H groups in total. The number of nitrogens with zero attached hydrogens (tertiary/aromatic N) is 1. The van der Waals surface area contributed by atoms with Crippen LogP contribution in [0.2, 0.25) is 0 Å². The molecule has 2 unspecified atom stereocenters. The summed E-state index contributed by atoms with van der Waals surface area (Å²) in [6.07, 6.45) is 2.08. The summed E-state index contributed by atoms with van der Waals surface area (Å²) in [5.41, 5.74) is 0.435. The van der Waals surface area contributed by atoms with Gasteiger partial charge in [-0.1, -0.05) is 20.8 Å². The molecule has 0 aromatic carbocycles. The van der Waals surface area contributed by atoms with Crippen molar-refractivity contribution in [2.75, 3.05) is 26.0 Å². The third-order valence-electron chi connectivity index (χ3n) is 3.73. The van der Waals surface area contributed by atoms with Crippen LogP contribution < -0.4 is 0 Å². The molecule has 1 rings (SSSR count). The maximum Gasteiger partial charge on any atom is 0.0565 e. The van der Waals surface area contributed by atoms with Crippen LogP contribution in [0.3, 0.4) is 0 Å². The Labute approximate surface area is 98.4 Å². The molecule has 90 valence electrons. The molecular formula is C12H25NOS. The molecule has 0 aliphatic carbocycles. The summed E-state index contributed by atoms with van der Waals surface area (Å²) in [6.45, 7) is 11.9. The van der Waals surface area contributed by atoms with Crippen molar-refractivity contribution >= 4 is 11.8 Å². The predicted octanol–water partition coefficient (Wildman–Crippen LogP) is 2.08. The third kappa shape index (κ3) is 3.11. The van der Waals surface area contributed by atoms with Gasteiger partial charge in [0.15, 0.2) is 0 Å². The molecule has 0 bridgehead atoms. The van der Waals surface area contributed by atoms with Gasteiger partial charge < -0.3 is 5.11 Å². The normalized spacial score (nSPS) is 23.6. The number of aliphatic hydroxyl groups is 1. The van der Waals surface area contributed by atoms with Crippen LogP contribution in [0.5, 0.6) is 0 Å². The van der Waals surface area contributed by atoms with E-state index in [1.54, 1.807) is 11.8 Å². The van der Waals surface area contributed by atoms with Crippen molar-refractivity contribution in [3.8, 4) is 0 Å². The molecule has 15 heavy (non-hydrogen) atoms. The number of likely N-dealkylation sites (tertiary alicyclic amines) is 1. The minimum absolute atomic E-state index is 0.291. The minimum atomic E-state index is 0.291. The highest BCUT2D eigenvalue weighted by Gasteiger charge is 2.39. The minimum Gasteiger partial charge on any atom is -0.395 e. The van der Waals surface area contributed by atoms with E-state index in [0.717, 1.165) is 5.92 Å². The van der Waals surface area contributed by atoms with Crippen molar-refractivity contribution in [2.45, 2.75) is 39.0 Å². The zero-order valence-electron chi connectivity index (χ0n) is 10.7. The highest BCUT2D eigenvalue weighted by atomic mass is 32.2. The van der Waals surface area contributed by atoms with Crippen LogP contribution in [-0.4, -0.2) is 47.3 Å². The number of hydrogen-bond acceptors (Lipinski definition) is 3. The summed E-state index contributed by atoms with van der Waals surface area (Å²) in [4.78, 5) is 2.49. The van der Waals surface area contributed by atoms with Crippen molar-refractivity contribution in [2.24, 2.45) is 11.3 Å². The van der Waals surface area contributed by atoms with Crippen LogP contribution in [0.4, 0.5) is 0 Å². The number of aliphatic hydroxyl groups excluding tert-OH is 1. The van der Waals surface area contributed by atoms with Crippen LogP contribution in [0.15, 0.2) is 0 Å². The van der Waals surface area contributed by atoms with Crippen molar-refractivity contribution in [3.05, 3.63) is 0 Å². The predicted molar refractivity (Wildman–Crippen MR) is 68.4 cm³/mol. The van der Waals surface area contributed by atoms with Gasteiger partial charge in [-0.3, -0.25) is 4.90 Å². The monoisotopic (exact) mass is 231 g/mol. The van der Waals surface area contributed by atoms with Gasteiger partial charge in [-0.15, -0.1) is 0 Å². The molecule has 0 saturated carbocycles. The van der Waals surface area contributed by atoms with Gasteiger partial charge in [0.2, 0.25) is 0 Å². The van der Waals surface area contributed by atoms with Crippen molar-refractivity contribution in [1.82, 2.24) is 4.90 Å². The molecule has 0 aromatic rings. The molecule has 2 atom stereocenters. The lowest BCUT2D eigenvalue weighted by Gasteiger charge is -2.50. The molecule has 0 amide bonds. The van der Waals surface area contributed by atoms with Crippen LogP contribution in [0.1, 0.15) is 27.7 Å². The number of rotatable bonds is 4. The van der Waals surface area contributed by atoms with E-state index in [2.05, 4.69) is 38.9 Å². The summed E-state index contributed by atoms with van der Waals surface area (Å²) in [5, 5.41) is 9.61. The van der Waals surface area contributed by atoms with E-state index in [1.807, 2.05) is 0 Å². The first-order valence-corrected chi connectivity index (χ1v) is 7.06. The second-order valence-electron chi connectivity index (χ2n) is 5.71. The van der Waals surface area contributed by atoms with E-state index >= 15 is 0 Å². The maximum atomic E-state index is 9.24. The highest BCUT2D eigenvalue weighted by molar-refractivity contribution is 7.99. The van der Waals surface area contributed by atoms with Crippen LogP contribution in [0.25, 0.3) is 0 Å². The lowest BCUT2D eigenvalue weighted by Crippen LogP contribution is -2.58. The van der Waals surface area contributed by atoms with Crippen LogP contribution in [-0.2, 0) is 0 Å². The average Bonchev–Trinajstić information content (AvgIpc) is 2.00. The fraction of sp³-hybridized carbons (Fsp3) is 1.00. The second kappa shape index (κ2) is 5.07. The van der Waals surface area contributed by atoms with E-state index < -0.39 is 0 Å². The van der Waals surface area contributed by atoms with Gasteiger partial charge in [0, 0.05) is 24.4 Å². The molecule has 0 spiro atoms. The lowest BCUT2D eigenvalue weighted by atomic mass is 9.75. The zero-order valence-corrected chi connectivity index (χ0v) is 11.5. The van der Waals surface area contributed by atoms with Gasteiger partial charge in [-0.05, 0) is 24.5 Å². The van der Waals surface area contributed by atoms with E-state index in [9.17, 15) is 5.11 Å². The quantitative estimate of drug-likeness (QED) is 0.801. The van der Waals surface area contributed by atoms with Gasteiger partial charge in [0.25, 0.3) is 0 Å². The van der Waals surface area contributed by atoms with Gasteiger partial charge >= 0.3 is 0 Å². The van der Waals surface area contributed by atoms with E-state index in [-0.39, 0.29) is 0 Å². The van der Waals surface area contributed by atoms with E-state index in [1.165, 1.54) is 13.1 Å². The molecule has 1 aliphatic rings. The first-order valence-electron chi connectivity index (χ1n) is 5.77. The van der Waals surface area contributed by atoms with Crippen LogP contribution in [0, 0.1) is 11.3 Å². The Kier molecular flexibility index (Phi) is 4.50. The van der Waals surface area contributed by atoms with Gasteiger partial charge in [-0.25, -0.2) is 0 Å². The Morgan fingerprint density at radius 2 is 1.93 bits per heavy atom. The summed E-state index contributed by atoms with van der Waals surface area (Å²) < 4.78 is 0. The zero-order chi connectivity index (χ0) is 11.6. The summed E-state index contributed by atoms with van der Waals surface area (Å²) in [5.74, 6) is 0.821. The smallest absolute Gasteiger partial charge is 0.0565 e. The Morgan fingerprint density at radius 3 is 2.27 bits per heavy atom. The number of thioether (sulfide) groups is 1. The maximum absolute atomic E-state index is 9.24. The van der Waals surface area contributed by atoms with Crippen molar-refractivity contribution in [1.29, 1.82) is 0 Å². The number of hydrogen-bond donors (Lipinski definition) is 1. The SMILES string of the molecule is CSC(CO)C(C)N1CC(C(C)(C)C)C1. The second-order valence-corrected chi connectivity index (χ2v) is 6.79. The molecule has 3 heteroatoms. The Morgan fingerprint density at radius 1 is 1.40 bits per heavy atom. The Balaban J connectivity index is 2.38. The fourth-order valence-corrected chi connectivity index (χ4v) is 2.77.